The monoisotopic (exact) mass is 360 g/mol. The number of hydrogen-bond acceptors (Lipinski definition) is 3. The number of ether oxygens (including phenoxy) is 1. The van der Waals surface area contributed by atoms with E-state index in [0.717, 1.165) is 38.3 Å². The first-order valence-corrected chi connectivity index (χ1v) is 7.90. The van der Waals surface area contributed by atoms with Crippen molar-refractivity contribution in [3.8, 4) is 5.75 Å². The molecular formula is C18H30Cl2N2O. The highest BCUT2D eigenvalue weighted by Gasteiger charge is 2.24. The van der Waals surface area contributed by atoms with Crippen LogP contribution in [0.5, 0.6) is 5.75 Å². The predicted octanol–water partition coefficient (Wildman–Crippen LogP) is 4.18. The third-order valence-electron chi connectivity index (χ3n) is 4.26. The molecule has 0 unspecified atom stereocenters. The maximum atomic E-state index is 5.62. The smallest absolute Gasteiger partial charge is 0.123 e. The summed E-state index contributed by atoms with van der Waals surface area (Å²) in [5, 5.41) is 3.42. The lowest BCUT2D eigenvalue weighted by atomic mass is 9.94. The fourth-order valence-corrected chi connectivity index (χ4v) is 3.00. The summed E-state index contributed by atoms with van der Waals surface area (Å²) in [4.78, 5) is 2.54. The van der Waals surface area contributed by atoms with Crippen LogP contribution in [0.2, 0.25) is 0 Å². The van der Waals surface area contributed by atoms with Crippen LogP contribution in [0, 0.1) is 0 Å². The Hall–Kier alpha value is -0.740. The van der Waals surface area contributed by atoms with Crippen LogP contribution in [0.1, 0.15) is 43.4 Å². The normalized spacial score (nSPS) is 16.2. The highest BCUT2D eigenvalue weighted by atomic mass is 35.5. The number of halogens is 2. The molecule has 3 nitrogen and oxygen atoms in total. The molecule has 132 valence electrons. The Bertz CT molecular complexity index is 474. The summed E-state index contributed by atoms with van der Waals surface area (Å²) in [5.41, 5.74) is 2.67. The molecule has 1 N–H and O–H groups in total. The van der Waals surface area contributed by atoms with Crippen molar-refractivity contribution in [1.29, 1.82) is 0 Å². The first kappa shape index (κ1) is 22.3. The van der Waals surface area contributed by atoms with Gasteiger partial charge in [0, 0.05) is 37.8 Å². The zero-order valence-electron chi connectivity index (χ0n) is 14.4. The Morgan fingerprint density at radius 1 is 1.26 bits per heavy atom. The van der Waals surface area contributed by atoms with Crippen LogP contribution in [0.15, 0.2) is 30.9 Å². The molecule has 0 bridgehead atoms. The fraction of sp³-hybridized carbons (Fsp3) is 0.556. The van der Waals surface area contributed by atoms with E-state index in [9.17, 15) is 0 Å². The lowest BCUT2D eigenvalue weighted by Crippen LogP contribution is -2.45. The van der Waals surface area contributed by atoms with E-state index in [1.165, 1.54) is 11.1 Å². The highest BCUT2D eigenvalue weighted by Crippen LogP contribution is 2.34. The molecule has 23 heavy (non-hydrogen) atoms. The van der Waals surface area contributed by atoms with Crippen molar-refractivity contribution < 1.29 is 4.74 Å². The van der Waals surface area contributed by atoms with Gasteiger partial charge in [-0.1, -0.05) is 32.1 Å². The van der Waals surface area contributed by atoms with E-state index in [1.54, 1.807) is 7.11 Å². The maximum Gasteiger partial charge on any atom is 0.123 e. The second-order valence-corrected chi connectivity index (χ2v) is 5.98. The van der Waals surface area contributed by atoms with Crippen LogP contribution in [0.4, 0.5) is 0 Å². The minimum absolute atomic E-state index is 0. The van der Waals surface area contributed by atoms with E-state index in [2.05, 4.69) is 48.8 Å². The van der Waals surface area contributed by atoms with Gasteiger partial charge in [-0.2, -0.15) is 0 Å². The van der Waals surface area contributed by atoms with Gasteiger partial charge in [-0.05, 0) is 24.0 Å². The average Bonchev–Trinajstić information content (AvgIpc) is 2.52. The van der Waals surface area contributed by atoms with Crippen LogP contribution in [0.25, 0.3) is 0 Å². The summed E-state index contributed by atoms with van der Waals surface area (Å²) < 4.78 is 5.62. The topological polar surface area (TPSA) is 24.5 Å². The molecular weight excluding hydrogens is 331 g/mol. The van der Waals surface area contributed by atoms with Crippen LogP contribution in [-0.2, 0) is 0 Å². The number of methoxy groups -OCH3 is 1. The van der Waals surface area contributed by atoms with E-state index < -0.39 is 0 Å². The Kier molecular flexibility index (Phi) is 10.6. The molecule has 5 heteroatoms. The molecule has 1 aromatic carbocycles. The number of nitrogens with zero attached hydrogens (tertiary/aromatic N) is 1. The first-order valence-electron chi connectivity index (χ1n) is 7.90. The molecule has 1 aliphatic heterocycles. The van der Waals surface area contributed by atoms with Crippen molar-refractivity contribution in [2.75, 3.05) is 33.3 Å². The average molecular weight is 361 g/mol. The molecule has 0 saturated carbocycles. The van der Waals surface area contributed by atoms with Gasteiger partial charge in [0.05, 0.1) is 7.11 Å². The molecule has 1 aromatic rings. The molecule has 0 amide bonds. The van der Waals surface area contributed by atoms with Gasteiger partial charge >= 0.3 is 0 Å². The van der Waals surface area contributed by atoms with Crippen LogP contribution in [-0.4, -0.2) is 38.2 Å². The minimum Gasteiger partial charge on any atom is -0.496 e. The standard InChI is InChI=1S/C18H28N2O.2ClH/c1-5-6-17(20-11-9-19-10-12-20)16-13-15(14(2)3)7-8-18(16)21-4;;/h5,7-8,13-14,17,19H,1,6,9-12H2,2-4H3;2*1H/t17-;;/m0../s1. The predicted molar refractivity (Wildman–Crippen MR) is 104 cm³/mol. The molecule has 0 spiro atoms. The molecule has 1 fully saturated rings. The third kappa shape index (κ3) is 5.68. The zero-order valence-corrected chi connectivity index (χ0v) is 16.0. The summed E-state index contributed by atoms with van der Waals surface area (Å²) in [6, 6.07) is 6.97. The summed E-state index contributed by atoms with van der Waals surface area (Å²) in [5.74, 6) is 1.52. The van der Waals surface area contributed by atoms with Gasteiger partial charge in [0.1, 0.15) is 5.75 Å². The van der Waals surface area contributed by atoms with Gasteiger partial charge in [-0.25, -0.2) is 0 Å². The number of hydrogen-bond donors (Lipinski definition) is 1. The number of piperazine rings is 1. The summed E-state index contributed by atoms with van der Waals surface area (Å²) in [7, 11) is 1.76. The Balaban J connectivity index is 0.00000242. The summed E-state index contributed by atoms with van der Waals surface area (Å²) >= 11 is 0. The van der Waals surface area contributed by atoms with Gasteiger partial charge in [0.2, 0.25) is 0 Å². The molecule has 0 radical (unpaired) electrons. The van der Waals surface area contributed by atoms with Crippen LogP contribution < -0.4 is 10.1 Å². The summed E-state index contributed by atoms with van der Waals surface area (Å²) in [6.07, 6.45) is 2.98. The van der Waals surface area contributed by atoms with Crippen molar-refractivity contribution in [1.82, 2.24) is 10.2 Å². The number of nitrogens with one attached hydrogen (secondary N) is 1. The molecule has 0 aliphatic carbocycles. The lowest BCUT2D eigenvalue weighted by molar-refractivity contribution is 0.171. The molecule has 1 aliphatic rings. The first-order chi connectivity index (χ1) is 10.2. The second kappa shape index (κ2) is 10.9. The molecule has 0 aromatic heterocycles. The van der Waals surface area contributed by atoms with Gasteiger partial charge in [-0.15, -0.1) is 31.4 Å². The van der Waals surface area contributed by atoms with E-state index in [-0.39, 0.29) is 24.8 Å². The minimum atomic E-state index is 0. The largest absolute Gasteiger partial charge is 0.496 e. The van der Waals surface area contributed by atoms with E-state index in [4.69, 9.17) is 4.74 Å². The molecule has 1 atom stereocenters. The van der Waals surface area contributed by atoms with Crippen LogP contribution in [0.3, 0.4) is 0 Å². The van der Waals surface area contributed by atoms with Crippen LogP contribution >= 0.6 is 24.8 Å². The number of rotatable bonds is 6. The number of benzene rings is 1. The second-order valence-electron chi connectivity index (χ2n) is 5.98. The van der Waals surface area contributed by atoms with Crippen molar-refractivity contribution in [3.05, 3.63) is 42.0 Å². The van der Waals surface area contributed by atoms with Crippen molar-refractivity contribution >= 4 is 24.8 Å². The Morgan fingerprint density at radius 2 is 1.91 bits per heavy atom. The molecule has 1 saturated heterocycles. The van der Waals surface area contributed by atoms with E-state index in [1.807, 2.05) is 6.08 Å². The van der Waals surface area contributed by atoms with Crippen molar-refractivity contribution in [2.45, 2.75) is 32.2 Å². The quantitative estimate of drug-likeness (QED) is 0.769. The third-order valence-corrected chi connectivity index (χ3v) is 4.26. The maximum absolute atomic E-state index is 5.62. The molecule has 2 rings (SSSR count). The fourth-order valence-electron chi connectivity index (χ4n) is 3.00. The Morgan fingerprint density at radius 3 is 2.43 bits per heavy atom. The molecule has 1 heterocycles. The van der Waals surface area contributed by atoms with Gasteiger partial charge in [0.25, 0.3) is 0 Å². The van der Waals surface area contributed by atoms with Gasteiger partial charge in [-0.3, -0.25) is 4.90 Å². The zero-order chi connectivity index (χ0) is 15.2. The highest BCUT2D eigenvalue weighted by molar-refractivity contribution is 5.85. The van der Waals surface area contributed by atoms with Crippen molar-refractivity contribution in [2.24, 2.45) is 0 Å². The SMILES string of the molecule is C=CC[C@@H](c1cc(C(C)C)ccc1OC)N1CCNCC1.Cl.Cl. The van der Waals surface area contributed by atoms with E-state index >= 15 is 0 Å². The van der Waals surface area contributed by atoms with Crippen molar-refractivity contribution in [3.63, 3.8) is 0 Å². The van der Waals surface area contributed by atoms with E-state index in [0.29, 0.717) is 12.0 Å². The van der Waals surface area contributed by atoms with Gasteiger partial charge < -0.3 is 10.1 Å². The Labute approximate surface area is 153 Å². The van der Waals surface area contributed by atoms with Gasteiger partial charge in [0.15, 0.2) is 0 Å². The lowest BCUT2D eigenvalue weighted by Gasteiger charge is -2.35. The summed E-state index contributed by atoms with van der Waals surface area (Å²) in [6.45, 7) is 12.7.